The SMILES string of the molecule is COCC(C)NC(=O)Nc1ccc(C(=O)NCc2ccc(F)cc2)cc1. The number of hydrogen-bond acceptors (Lipinski definition) is 3. The highest BCUT2D eigenvalue weighted by atomic mass is 19.1. The maximum absolute atomic E-state index is 12.9. The maximum atomic E-state index is 12.9. The van der Waals surface area contributed by atoms with Gasteiger partial charge in [-0.1, -0.05) is 12.1 Å². The molecule has 6 nitrogen and oxygen atoms in total. The van der Waals surface area contributed by atoms with Crippen molar-refractivity contribution in [1.29, 1.82) is 0 Å². The summed E-state index contributed by atoms with van der Waals surface area (Å²) in [5, 5.41) is 8.18. The van der Waals surface area contributed by atoms with Crippen LogP contribution < -0.4 is 16.0 Å². The van der Waals surface area contributed by atoms with Crippen LogP contribution in [0, 0.1) is 5.82 Å². The van der Waals surface area contributed by atoms with Crippen LogP contribution in [0.2, 0.25) is 0 Å². The highest BCUT2D eigenvalue weighted by Crippen LogP contribution is 2.10. The minimum Gasteiger partial charge on any atom is -0.383 e. The summed E-state index contributed by atoms with van der Waals surface area (Å²) < 4.78 is 17.8. The van der Waals surface area contributed by atoms with Gasteiger partial charge in [0.05, 0.1) is 12.6 Å². The normalized spacial score (nSPS) is 11.5. The second kappa shape index (κ2) is 9.53. The molecule has 1 atom stereocenters. The average Bonchev–Trinajstić information content (AvgIpc) is 2.61. The van der Waals surface area contributed by atoms with Gasteiger partial charge in [-0.2, -0.15) is 0 Å². The molecule has 3 N–H and O–H groups in total. The molecule has 2 rings (SSSR count). The van der Waals surface area contributed by atoms with E-state index >= 15 is 0 Å². The van der Waals surface area contributed by atoms with E-state index in [1.54, 1.807) is 43.5 Å². The molecule has 1 unspecified atom stereocenters. The molecular formula is C19H22FN3O3. The highest BCUT2D eigenvalue weighted by Gasteiger charge is 2.09. The number of hydrogen-bond donors (Lipinski definition) is 3. The number of anilines is 1. The molecular weight excluding hydrogens is 337 g/mol. The van der Waals surface area contributed by atoms with Crippen molar-refractivity contribution in [2.24, 2.45) is 0 Å². The van der Waals surface area contributed by atoms with E-state index in [2.05, 4.69) is 16.0 Å². The zero-order chi connectivity index (χ0) is 18.9. The zero-order valence-electron chi connectivity index (χ0n) is 14.7. The van der Waals surface area contributed by atoms with E-state index in [9.17, 15) is 14.0 Å². The highest BCUT2D eigenvalue weighted by molar-refractivity contribution is 5.95. The molecule has 2 aromatic rings. The van der Waals surface area contributed by atoms with Crippen LogP contribution in [0.15, 0.2) is 48.5 Å². The fourth-order valence-electron chi connectivity index (χ4n) is 2.27. The van der Waals surface area contributed by atoms with E-state index in [0.717, 1.165) is 5.56 Å². The molecule has 0 saturated heterocycles. The van der Waals surface area contributed by atoms with Crippen LogP contribution in [0.25, 0.3) is 0 Å². The molecule has 0 aliphatic rings. The number of urea groups is 1. The number of halogens is 1. The summed E-state index contributed by atoms with van der Waals surface area (Å²) in [4.78, 5) is 24.0. The molecule has 0 radical (unpaired) electrons. The minimum atomic E-state index is -0.344. The third-order valence-corrected chi connectivity index (χ3v) is 3.57. The van der Waals surface area contributed by atoms with Crippen molar-refractivity contribution < 1.29 is 18.7 Å². The van der Waals surface area contributed by atoms with Gasteiger partial charge < -0.3 is 20.7 Å². The standard InChI is InChI=1S/C19H22FN3O3/c1-13(12-26-2)22-19(25)23-17-9-5-15(6-10-17)18(24)21-11-14-3-7-16(20)8-4-14/h3-10,13H,11-12H2,1-2H3,(H,21,24)(H2,22,23,25). The fourth-order valence-corrected chi connectivity index (χ4v) is 2.27. The fraction of sp³-hybridized carbons (Fsp3) is 0.263. The Morgan fingerprint density at radius 1 is 1.08 bits per heavy atom. The first kappa shape index (κ1) is 19.4. The van der Waals surface area contributed by atoms with Gasteiger partial charge in [0.2, 0.25) is 0 Å². The van der Waals surface area contributed by atoms with Crippen molar-refractivity contribution in [3.05, 3.63) is 65.5 Å². The molecule has 0 spiro atoms. The molecule has 7 heteroatoms. The Kier molecular flexibility index (Phi) is 7.11. The Morgan fingerprint density at radius 2 is 1.73 bits per heavy atom. The van der Waals surface area contributed by atoms with Gasteiger partial charge in [-0.05, 0) is 48.9 Å². The maximum Gasteiger partial charge on any atom is 0.319 e. The number of benzene rings is 2. The number of ether oxygens (including phenoxy) is 1. The van der Waals surface area contributed by atoms with Gasteiger partial charge in [0.25, 0.3) is 5.91 Å². The Morgan fingerprint density at radius 3 is 2.35 bits per heavy atom. The molecule has 138 valence electrons. The number of carbonyl (C=O) groups excluding carboxylic acids is 2. The van der Waals surface area contributed by atoms with Gasteiger partial charge in [-0.25, -0.2) is 9.18 Å². The Balaban J connectivity index is 1.84. The lowest BCUT2D eigenvalue weighted by molar-refractivity contribution is 0.0951. The first-order valence-corrected chi connectivity index (χ1v) is 8.17. The molecule has 0 fully saturated rings. The molecule has 0 bridgehead atoms. The number of rotatable bonds is 7. The van der Waals surface area contributed by atoms with Crippen LogP contribution in [0.4, 0.5) is 14.9 Å². The Hall–Kier alpha value is -2.93. The molecule has 0 aliphatic carbocycles. The molecule has 3 amide bonds. The third kappa shape index (κ3) is 6.18. The summed E-state index contributed by atoms with van der Waals surface area (Å²) in [5.74, 6) is -0.567. The molecule has 2 aromatic carbocycles. The molecule has 0 aromatic heterocycles. The number of nitrogens with one attached hydrogen (secondary N) is 3. The van der Waals surface area contributed by atoms with E-state index in [1.165, 1.54) is 12.1 Å². The minimum absolute atomic E-state index is 0.114. The van der Waals surface area contributed by atoms with Crippen LogP contribution in [0.1, 0.15) is 22.8 Å². The van der Waals surface area contributed by atoms with Crippen LogP contribution in [-0.2, 0) is 11.3 Å². The van der Waals surface area contributed by atoms with Gasteiger partial charge >= 0.3 is 6.03 Å². The van der Waals surface area contributed by atoms with E-state index < -0.39 is 0 Å². The molecule has 0 heterocycles. The van der Waals surface area contributed by atoms with Gasteiger partial charge in [0, 0.05) is 24.9 Å². The van der Waals surface area contributed by atoms with E-state index in [4.69, 9.17) is 4.74 Å². The quantitative estimate of drug-likeness (QED) is 0.711. The van der Waals surface area contributed by atoms with Crippen LogP contribution in [0.3, 0.4) is 0 Å². The molecule has 26 heavy (non-hydrogen) atoms. The lowest BCUT2D eigenvalue weighted by atomic mass is 10.1. The lowest BCUT2D eigenvalue weighted by Crippen LogP contribution is -2.38. The molecule has 0 aliphatic heterocycles. The summed E-state index contributed by atoms with van der Waals surface area (Å²) in [6.45, 7) is 2.55. The summed E-state index contributed by atoms with van der Waals surface area (Å²) in [7, 11) is 1.57. The number of methoxy groups -OCH3 is 1. The Labute approximate surface area is 151 Å². The first-order chi connectivity index (χ1) is 12.5. The van der Waals surface area contributed by atoms with E-state index in [1.807, 2.05) is 6.92 Å². The predicted octanol–water partition coefficient (Wildman–Crippen LogP) is 2.91. The second-order valence-corrected chi connectivity index (χ2v) is 5.84. The van der Waals surface area contributed by atoms with E-state index in [0.29, 0.717) is 24.4 Å². The van der Waals surface area contributed by atoms with Crippen molar-refractivity contribution in [3.8, 4) is 0 Å². The topological polar surface area (TPSA) is 79.5 Å². The number of amides is 3. The smallest absolute Gasteiger partial charge is 0.319 e. The van der Waals surface area contributed by atoms with Gasteiger partial charge in [0.15, 0.2) is 0 Å². The predicted molar refractivity (Wildman–Crippen MR) is 97.5 cm³/mol. The summed E-state index contributed by atoms with van der Waals surface area (Å²) in [6.07, 6.45) is 0. The number of carbonyl (C=O) groups is 2. The van der Waals surface area contributed by atoms with Crippen LogP contribution >= 0.6 is 0 Å². The Bertz CT molecular complexity index is 733. The van der Waals surface area contributed by atoms with Crippen molar-refractivity contribution in [2.45, 2.75) is 19.5 Å². The molecule has 0 saturated carbocycles. The van der Waals surface area contributed by atoms with Crippen LogP contribution in [-0.4, -0.2) is 31.7 Å². The van der Waals surface area contributed by atoms with E-state index in [-0.39, 0.29) is 23.8 Å². The van der Waals surface area contributed by atoms with Gasteiger partial charge in [0.1, 0.15) is 5.82 Å². The summed E-state index contributed by atoms with van der Waals surface area (Å²) >= 11 is 0. The third-order valence-electron chi connectivity index (χ3n) is 3.57. The lowest BCUT2D eigenvalue weighted by Gasteiger charge is -2.13. The monoisotopic (exact) mass is 359 g/mol. The summed E-state index contributed by atoms with van der Waals surface area (Å²) in [5.41, 5.74) is 1.84. The zero-order valence-corrected chi connectivity index (χ0v) is 14.7. The van der Waals surface area contributed by atoms with Crippen molar-refractivity contribution in [2.75, 3.05) is 19.0 Å². The van der Waals surface area contributed by atoms with Gasteiger partial charge in [-0.3, -0.25) is 4.79 Å². The average molecular weight is 359 g/mol. The van der Waals surface area contributed by atoms with Crippen molar-refractivity contribution in [3.63, 3.8) is 0 Å². The largest absolute Gasteiger partial charge is 0.383 e. The first-order valence-electron chi connectivity index (χ1n) is 8.17. The second-order valence-electron chi connectivity index (χ2n) is 5.84. The van der Waals surface area contributed by atoms with Crippen molar-refractivity contribution >= 4 is 17.6 Å². The van der Waals surface area contributed by atoms with Crippen molar-refractivity contribution in [1.82, 2.24) is 10.6 Å². The van der Waals surface area contributed by atoms with Crippen LogP contribution in [0.5, 0.6) is 0 Å². The van der Waals surface area contributed by atoms with Gasteiger partial charge in [-0.15, -0.1) is 0 Å². The summed E-state index contributed by atoms with van der Waals surface area (Å²) in [6, 6.07) is 12.0.